The summed E-state index contributed by atoms with van der Waals surface area (Å²) in [6.45, 7) is 2.76. The molecule has 9 nitrogen and oxygen atoms in total. The summed E-state index contributed by atoms with van der Waals surface area (Å²) in [4.78, 5) is 24.5. The van der Waals surface area contributed by atoms with Gasteiger partial charge in [0.25, 0.3) is 5.89 Å². The van der Waals surface area contributed by atoms with Gasteiger partial charge in [-0.05, 0) is 25.8 Å². The van der Waals surface area contributed by atoms with Crippen LogP contribution >= 0.6 is 0 Å². The molecule has 4 rings (SSSR count). The second-order valence-corrected chi connectivity index (χ2v) is 6.15. The molecule has 1 aliphatic heterocycles. The minimum absolute atomic E-state index is 0.00752. The van der Waals surface area contributed by atoms with E-state index in [1.165, 1.54) is 4.90 Å². The lowest BCUT2D eigenvalue weighted by molar-refractivity contribution is 0.133. The van der Waals surface area contributed by atoms with E-state index in [-0.39, 0.29) is 6.04 Å². The van der Waals surface area contributed by atoms with Gasteiger partial charge in [0.15, 0.2) is 5.82 Å². The zero-order valence-corrected chi connectivity index (χ0v) is 13.7. The van der Waals surface area contributed by atoms with Gasteiger partial charge in [0, 0.05) is 36.9 Å². The number of aryl methyl sites for hydroxylation is 1. The molecule has 1 atom stereocenters. The van der Waals surface area contributed by atoms with Crippen LogP contribution in [0, 0.1) is 6.92 Å². The molecule has 4 heterocycles. The minimum atomic E-state index is -0.888. The van der Waals surface area contributed by atoms with E-state index in [0.717, 1.165) is 29.6 Å². The maximum Gasteiger partial charge on any atom is 0.407 e. The number of piperidine rings is 1. The standard InChI is InChI=1S/C16H18N6O3/c1-9-19-15(25-21-9)12-7-18-14-11(4-5-17-14)13(12)20-10-3-2-6-22(8-10)16(23)24/h4-5,7,10H,2-3,6,8H2,1H3,(H,23,24)(H2,17,18,20). The Morgan fingerprint density at radius 3 is 3.16 bits per heavy atom. The Morgan fingerprint density at radius 2 is 2.40 bits per heavy atom. The summed E-state index contributed by atoms with van der Waals surface area (Å²) in [5.41, 5.74) is 2.28. The summed E-state index contributed by atoms with van der Waals surface area (Å²) in [5, 5.41) is 17.5. The summed E-state index contributed by atoms with van der Waals surface area (Å²) in [6, 6.07) is 1.93. The van der Waals surface area contributed by atoms with Gasteiger partial charge in [-0.3, -0.25) is 0 Å². The van der Waals surface area contributed by atoms with E-state index in [0.29, 0.717) is 30.4 Å². The van der Waals surface area contributed by atoms with Crippen molar-refractivity contribution in [3.05, 3.63) is 24.3 Å². The molecule has 0 radical (unpaired) electrons. The fourth-order valence-corrected chi connectivity index (χ4v) is 3.20. The number of anilines is 1. The molecule has 3 aromatic heterocycles. The summed E-state index contributed by atoms with van der Waals surface area (Å²) >= 11 is 0. The lowest BCUT2D eigenvalue weighted by Crippen LogP contribution is -2.44. The molecule has 1 unspecified atom stereocenters. The number of carboxylic acid groups (broad SMARTS) is 1. The van der Waals surface area contributed by atoms with Gasteiger partial charge < -0.3 is 24.8 Å². The monoisotopic (exact) mass is 342 g/mol. The third-order valence-corrected chi connectivity index (χ3v) is 4.38. The highest BCUT2D eigenvalue weighted by Crippen LogP contribution is 2.33. The van der Waals surface area contributed by atoms with Crippen molar-refractivity contribution in [1.29, 1.82) is 0 Å². The quantitative estimate of drug-likeness (QED) is 0.668. The van der Waals surface area contributed by atoms with E-state index in [9.17, 15) is 9.90 Å². The van der Waals surface area contributed by atoms with E-state index in [1.54, 1.807) is 13.1 Å². The van der Waals surface area contributed by atoms with Gasteiger partial charge in [0.05, 0.1) is 11.3 Å². The van der Waals surface area contributed by atoms with E-state index in [4.69, 9.17) is 4.52 Å². The Hall–Kier alpha value is -3.10. The summed E-state index contributed by atoms with van der Waals surface area (Å²) in [6.07, 6.45) is 4.32. The van der Waals surface area contributed by atoms with Crippen LogP contribution in [-0.2, 0) is 0 Å². The van der Waals surface area contributed by atoms with Crippen LogP contribution in [0.15, 0.2) is 23.0 Å². The molecule has 0 bridgehead atoms. The Balaban J connectivity index is 1.72. The highest BCUT2D eigenvalue weighted by atomic mass is 16.5. The highest BCUT2D eigenvalue weighted by molar-refractivity contribution is 5.97. The normalized spacial score (nSPS) is 17.8. The predicted octanol–water partition coefficient (Wildman–Crippen LogP) is 2.48. The lowest BCUT2D eigenvalue weighted by Gasteiger charge is -2.32. The smallest absolute Gasteiger partial charge is 0.407 e. The first-order chi connectivity index (χ1) is 12.1. The molecule has 0 aromatic carbocycles. The van der Waals surface area contributed by atoms with Crippen LogP contribution in [0.25, 0.3) is 22.5 Å². The van der Waals surface area contributed by atoms with Gasteiger partial charge in [0.2, 0.25) is 0 Å². The van der Waals surface area contributed by atoms with Crippen molar-refractivity contribution < 1.29 is 14.4 Å². The SMILES string of the molecule is Cc1noc(-c2cnc3[nH]ccc3c2NC2CCCN(C(=O)O)C2)n1. The number of hydrogen-bond acceptors (Lipinski definition) is 6. The van der Waals surface area contributed by atoms with E-state index in [1.807, 2.05) is 12.3 Å². The minimum Gasteiger partial charge on any atom is -0.465 e. The number of pyridine rings is 1. The number of hydrogen-bond donors (Lipinski definition) is 3. The Morgan fingerprint density at radius 1 is 1.52 bits per heavy atom. The van der Waals surface area contributed by atoms with Crippen molar-refractivity contribution in [2.75, 3.05) is 18.4 Å². The molecular weight excluding hydrogens is 324 g/mol. The molecule has 1 fully saturated rings. The number of aromatic amines is 1. The Labute approximate surface area is 143 Å². The molecular formula is C16H18N6O3. The Bertz CT molecular complexity index is 918. The predicted molar refractivity (Wildman–Crippen MR) is 90.4 cm³/mol. The van der Waals surface area contributed by atoms with Gasteiger partial charge in [-0.15, -0.1) is 0 Å². The summed E-state index contributed by atoms with van der Waals surface area (Å²) < 4.78 is 5.31. The lowest BCUT2D eigenvalue weighted by atomic mass is 10.0. The van der Waals surface area contributed by atoms with Crippen LogP contribution in [0.3, 0.4) is 0 Å². The highest BCUT2D eigenvalue weighted by Gasteiger charge is 2.25. The number of likely N-dealkylation sites (tertiary alicyclic amines) is 1. The first kappa shape index (κ1) is 15.4. The zero-order chi connectivity index (χ0) is 17.4. The van der Waals surface area contributed by atoms with Crippen LogP contribution < -0.4 is 5.32 Å². The summed E-state index contributed by atoms with van der Waals surface area (Å²) in [5.74, 6) is 0.936. The van der Waals surface area contributed by atoms with Crippen LogP contribution in [0.5, 0.6) is 0 Å². The fraction of sp³-hybridized carbons (Fsp3) is 0.375. The van der Waals surface area contributed by atoms with Crippen LogP contribution in [0.1, 0.15) is 18.7 Å². The van der Waals surface area contributed by atoms with Crippen molar-refractivity contribution in [1.82, 2.24) is 25.0 Å². The molecule has 9 heteroatoms. The van der Waals surface area contributed by atoms with Crippen molar-refractivity contribution in [2.45, 2.75) is 25.8 Å². The second kappa shape index (κ2) is 6.08. The van der Waals surface area contributed by atoms with Gasteiger partial charge in [-0.2, -0.15) is 4.98 Å². The number of fused-ring (bicyclic) bond motifs is 1. The molecule has 0 saturated carbocycles. The van der Waals surface area contributed by atoms with Crippen molar-refractivity contribution >= 4 is 22.8 Å². The van der Waals surface area contributed by atoms with Gasteiger partial charge in [0.1, 0.15) is 5.65 Å². The number of rotatable bonds is 3. The third kappa shape index (κ3) is 2.88. The number of carbonyl (C=O) groups is 1. The van der Waals surface area contributed by atoms with Gasteiger partial charge in [-0.25, -0.2) is 9.78 Å². The summed E-state index contributed by atoms with van der Waals surface area (Å²) in [7, 11) is 0. The Kier molecular flexibility index (Phi) is 3.75. The first-order valence-electron chi connectivity index (χ1n) is 8.13. The van der Waals surface area contributed by atoms with Crippen molar-refractivity contribution in [3.8, 4) is 11.5 Å². The molecule has 25 heavy (non-hydrogen) atoms. The molecule has 0 aliphatic carbocycles. The van der Waals surface area contributed by atoms with Crippen molar-refractivity contribution in [2.24, 2.45) is 0 Å². The first-order valence-corrected chi connectivity index (χ1v) is 8.13. The third-order valence-electron chi connectivity index (χ3n) is 4.38. The van der Waals surface area contributed by atoms with Gasteiger partial charge >= 0.3 is 6.09 Å². The average Bonchev–Trinajstić information content (AvgIpc) is 3.24. The van der Waals surface area contributed by atoms with Crippen LogP contribution in [-0.4, -0.2) is 55.3 Å². The second-order valence-electron chi connectivity index (χ2n) is 6.15. The molecule has 3 N–H and O–H groups in total. The average molecular weight is 342 g/mol. The van der Waals surface area contributed by atoms with E-state index < -0.39 is 6.09 Å². The maximum atomic E-state index is 11.3. The van der Waals surface area contributed by atoms with Crippen molar-refractivity contribution in [3.63, 3.8) is 0 Å². The molecule has 1 amide bonds. The van der Waals surface area contributed by atoms with E-state index >= 15 is 0 Å². The number of nitrogens with one attached hydrogen (secondary N) is 2. The number of H-pyrrole nitrogens is 1. The number of nitrogens with zero attached hydrogens (tertiary/aromatic N) is 4. The van der Waals surface area contributed by atoms with Crippen LogP contribution in [0.4, 0.5) is 10.5 Å². The fourth-order valence-electron chi connectivity index (χ4n) is 3.20. The molecule has 1 aliphatic rings. The van der Waals surface area contributed by atoms with E-state index in [2.05, 4.69) is 25.4 Å². The topological polar surface area (TPSA) is 120 Å². The number of aromatic nitrogens is 4. The van der Waals surface area contributed by atoms with Gasteiger partial charge in [-0.1, -0.05) is 5.16 Å². The number of amides is 1. The maximum absolute atomic E-state index is 11.3. The molecule has 3 aromatic rings. The molecule has 1 saturated heterocycles. The molecule has 0 spiro atoms. The van der Waals surface area contributed by atoms with Crippen LogP contribution in [0.2, 0.25) is 0 Å². The zero-order valence-electron chi connectivity index (χ0n) is 13.7. The molecule has 130 valence electrons. The largest absolute Gasteiger partial charge is 0.465 e.